The van der Waals surface area contributed by atoms with Gasteiger partial charge < -0.3 is 20.1 Å². The summed E-state index contributed by atoms with van der Waals surface area (Å²) in [7, 11) is 1.56. The Morgan fingerprint density at radius 2 is 1.75 bits per heavy atom. The Labute approximate surface area is 213 Å². The number of amides is 3. The number of benzene rings is 3. The summed E-state index contributed by atoms with van der Waals surface area (Å²) in [5.74, 6) is -1.06. The maximum Gasteiger partial charge on any atom is 0.329 e. The summed E-state index contributed by atoms with van der Waals surface area (Å²) < 4.78 is 10.7. The predicted molar refractivity (Wildman–Crippen MR) is 137 cm³/mol. The van der Waals surface area contributed by atoms with Crippen molar-refractivity contribution in [1.82, 2.24) is 10.7 Å². The number of hydrogen-bond acceptors (Lipinski definition) is 6. The fraction of sp³-hybridized carbons (Fsp3) is 0.154. The maximum absolute atomic E-state index is 12.2. The summed E-state index contributed by atoms with van der Waals surface area (Å²) in [6.07, 6.45) is 1.32. The van der Waals surface area contributed by atoms with E-state index in [4.69, 9.17) is 21.1 Å². The molecule has 10 heteroatoms. The number of para-hydroxylation sites is 1. The van der Waals surface area contributed by atoms with Crippen molar-refractivity contribution in [2.75, 3.05) is 19.0 Å². The molecule has 0 heterocycles. The monoisotopic (exact) mass is 508 g/mol. The van der Waals surface area contributed by atoms with E-state index >= 15 is 0 Å². The molecule has 0 atom stereocenters. The molecule has 3 rings (SSSR count). The molecule has 0 bridgehead atoms. The van der Waals surface area contributed by atoms with Crippen molar-refractivity contribution in [1.29, 1.82) is 0 Å². The lowest BCUT2D eigenvalue weighted by Crippen LogP contribution is -2.37. The molecule has 9 nitrogen and oxygen atoms in total. The smallest absolute Gasteiger partial charge is 0.329 e. The quantitative estimate of drug-likeness (QED) is 0.232. The van der Waals surface area contributed by atoms with Crippen molar-refractivity contribution in [3.05, 3.63) is 88.4 Å². The van der Waals surface area contributed by atoms with Gasteiger partial charge in [0, 0.05) is 22.8 Å². The number of methoxy groups -OCH3 is 1. The summed E-state index contributed by atoms with van der Waals surface area (Å²) in [6.45, 7) is 1.79. The van der Waals surface area contributed by atoms with E-state index in [9.17, 15) is 14.4 Å². The molecule has 0 saturated heterocycles. The SMILES string of the molecule is COc1ccc(CNC(=O)C(=O)N/N=C\c2ccccc2OCC(=O)Nc2ccc(C)c(Cl)c2)cc1. The van der Waals surface area contributed by atoms with Crippen LogP contribution < -0.4 is 25.5 Å². The second-order valence-electron chi connectivity index (χ2n) is 7.57. The number of anilines is 1. The molecule has 0 saturated carbocycles. The Morgan fingerprint density at radius 1 is 1.00 bits per heavy atom. The Kier molecular flexibility index (Phi) is 9.41. The number of rotatable bonds is 9. The highest BCUT2D eigenvalue weighted by molar-refractivity contribution is 6.35. The standard InChI is InChI=1S/C26H25ClN4O5/c1-17-7-10-20(13-22(17)27)30-24(32)16-36-23-6-4-3-5-19(23)15-29-31-26(34)25(33)28-14-18-8-11-21(35-2)12-9-18/h3-13,15H,14,16H2,1-2H3,(H,28,33)(H,30,32)(H,31,34)/b29-15-. The van der Waals surface area contributed by atoms with Crippen LogP contribution in [0.2, 0.25) is 5.02 Å². The molecule has 0 aliphatic heterocycles. The maximum atomic E-state index is 12.2. The molecule has 3 amide bonds. The normalized spacial score (nSPS) is 10.5. The van der Waals surface area contributed by atoms with Crippen molar-refractivity contribution >= 4 is 41.2 Å². The number of hydrogen-bond donors (Lipinski definition) is 3. The van der Waals surface area contributed by atoms with Gasteiger partial charge in [0.25, 0.3) is 5.91 Å². The summed E-state index contributed by atoms with van der Waals surface area (Å²) in [6, 6.07) is 19.1. The van der Waals surface area contributed by atoms with Crippen LogP contribution in [-0.2, 0) is 20.9 Å². The molecule has 186 valence electrons. The van der Waals surface area contributed by atoms with Gasteiger partial charge in [-0.2, -0.15) is 5.10 Å². The fourth-order valence-corrected chi connectivity index (χ4v) is 3.13. The Bertz CT molecular complexity index is 1260. The number of nitrogens with one attached hydrogen (secondary N) is 3. The van der Waals surface area contributed by atoms with Gasteiger partial charge >= 0.3 is 11.8 Å². The van der Waals surface area contributed by atoms with E-state index in [0.29, 0.717) is 27.8 Å². The molecule has 0 unspecified atom stereocenters. The highest BCUT2D eigenvalue weighted by Gasteiger charge is 2.12. The second kappa shape index (κ2) is 12.9. The van der Waals surface area contributed by atoms with Gasteiger partial charge in [0.1, 0.15) is 11.5 Å². The van der Waals surface area contributed by atoms with E-state index in [1.807, 2.05) is 6.92 Å². The molecule has 0 radical (unpaired) electrons. The Morgan fingerprint density at radius 3 is 2.47 bits per heavy atom. The summed E-state index contributed by atoms with van der Waals surface area (Å²) in [4.78, 5) is 36.3. The summed E-state index contributed by atoms with van der Waals surface area (Å²) in [5, 5.41) is 9.59. The molecule has 0 aliphatic carbocycles. The number of halogens is 1. The zero-order chi connectivity index (χ0) is 25.9. The van der Waals surface area contributed by atoms with Crippen LogP contribution in [0.5, 0.6) is 11.5 Å². The number of carbonyl (C=O) groups excluding carboxylic acids is 3. The zero-order valence-corrected chi connectivity index (χ0v) is 20.5. The molecular formula is C26H25ClN4O5. The van der Waals surface area contributed by atoms with E-state index in [1.165, 1.54) is 6.21 Å². The average molecular weight is 509 g/mol. The van der Waals surface area contributed by atoms with Gasteiger partial charge in [-0.15, -0.1) is 0 Å². The highest BCUT2D eigenvalue weighted by Crippen LogP contribution is 2.20. The van der Waals surface area contributed by atoms with Gasteiger partial charge in [0.2, 0.25) is 0 Å². The van der Waals surface area contributed by atoms with E-state index in [1.54, 1.807) is 73.8 Å². The molecule has 36 heavy (non-hydrogen) atoms. The van der Waals surface area contributed by atoms with Crippen molar-refractivity contribution in [3.8, 4) is 11.5 Å². The van der Waals surface area contributed by atoms with E-state index in [2.05, 4.69) is 21.2 Å². The molecule has 3 aromatic carbocycles. The molecule has 0 aromatic heterocycles. The van der Waals surface area contributed by atoms with Crippen LogP contribution in [0.1, 0.15) is 16.7 Å². The van der Waals surface area contributed by atoms with Gasteiger partial charge in [-0.05, 0) is 54.4 Å². The zero-order valence-electron chi connectivity index (χ0n) is 19.7. The average Bonchev–Trinajstić information content (AvgIpc) is 2.89. The van der Waals surface area contributed by atoms with Crippen molar-refractivity contribution in [2.45, 2.75) is 13.5 Å². The molecule has 0 fully saturated rings. The molecule has 0 aliphatic rings. The van der Waals surface area contributed by atoms with Gasteiger partial charge in [-0.1, -0.05) is 41.9 Å². The minimum Gasteiger partial charge on any atom is -0.497 e. The largest absolute Gasteiger partial charge is 0.497 e. The minimum absolute atomic E-state index is 0.174. The van der Waals surface area contributed by atoms with Crippen LogP contribution in [0.15, 0.2) is 71.8 Å². The Hall–Kier alpha value is -4.37. The summed E-state index contributed by atoms with van der Waals surface area (Å²) in [5.41, 5.74) is 4.94. The molecule has 0 spiro atoms. The molecule has 3 N–H and O–H groups in total. The number of nitrogens with zero attached hydrogens (tertiary/aromatic N) is 1. The Balaban J connectivity index is 1.48. The fourth-order valence-electron chi connectivity index (χ4n) is 2.95. The number of aryl methyl sites for hydroxylation is 1. The predicted octanol–water partition coefficient (Wildman–Crippen LogP) is 3.44. The highest BCUT2D eigenvalue weighted by atomic mass is 35.5. The van der Waals surface area contributed by atoms with E-state index in [0.717, 1.165) is 11.1 Å². The van der Waals surface area contributed by atoms with Crippen LogP contribution in [0.3, 0.4) is 0 Å². The first-order valence-electron chi connectivity index (χ1n) is 10.9. The van der Waals surface area contributed by atoms with Crippen molar-refractivity contribution in [3.63, 3.8) is 0 Å². The lowest BCUT2D eigenvalue weighted by atomic mass is 10.2. The third kappa shape index (κ3) is 7.85. The van der Waals surface area contributed by atoms with Crippen LogP contribution in [-0.4, -0.2) is 37.7 Å². The lowest BCUT2D eigenvalue weighted by Gasteiger charge is -2.10. The van der Waals surface area contributed by atoms with Crippen LogP contribution in [0.4, 0.5) is 5.69 Å². The lowest BCUT2D eigenvalue weighted by molar-refractivity contribution is -0.139. The molecule has 3 aromatic rings. The third-order valence-electron chi connectivity index (χ3n) is 4.92. The van der Waals surface area contributed by atoms with Crippen molar-refractivity contribution < 1.29 is 23.9 Å². The number of ether oxygens (including phenoxy) is 2. The van der Waals surface area contributed by atoms with E-state index < -0.39 is 11.8 Å². The summed E-state index contributed by atoms with van der Waals surface area (Å²) >= 11 is 6.08. The molecular weight excluding hydrogens is 484 g/mol. The second-order valence-corrected chi connectivity index (χ2v) is 7.98. The van der Waals surface area contributed by atoms with Gasteiger partial charge in [-0.3, -0.25) is 14.4 Å². The number of carbonyl (C=O) groups is 3. The van der Waals surface area contributed by atoms with Crippen LogP contribution >= 0.6 is 11.6 Å². The topological polar surface area (TPSA) is 118 Å². The first-order valence-corrected chi connectivity index (χ1v) is 11.3. The van der Waals surface area contributed by atoms with Gasteiger partial charge in [0.05, 0.1) is 13.3 Å². The van der Waals surface area contributed by atoms with Gasteiger partial charge in [0.15, 0.2) is 6.61 Å². The third-order valence-corrected chi connectivity index (χ3v) is 5.33. The minimum atomic E-state index is -0.922. The van der Waals surface area contributed by atoms with Crippen molar-refractivity contribution in [2.24, 2.45) is 5.10 Å². The van der Waals surface area contributed by atoms with Crippen LogP contribution in [0.25, 0.3) is 0 Å². The number of hydrazone groups is 1. The van der Waals surface area contributed by atoms with Gasteiger partial charge in [-0.25, -0.2) is 5.43 Å². The van der Waals surface area contributed by atoms with Crippen LogP contribution in [0, 0.1) is 6.92 Å². The van der Waals surface area contributed by atoms with E-state index in [-0.39, 0.29) is 19.1 Å². The first kappa shape index (κ1) is 26.2. The first-order chi connectivity index (χ1) is 17.4.